The molecule has 0 radical (unpaired) electrons. The Morgan fingerprint density at radius 3 is 1.15 bits per heavy atom. The van der Waals surface area contributed by atoms with Crippen LogP contribution in [0, 0.1) is 0 Å². The minimum absolute atomic E-state index is 0.0176. The second-order valence-corrected chi connectivity index (χ2v) is 28.1. The number of esters is 1. The largest absolute Gasteiger partial charge is 0.466 e. The monoisotopic (exact) mass is 1320 g/mol. The summed E-state index contributed by atoms with van der Waals surface area (Å²) < 4.78 is 16.7. The van der Waals surface area contributed by atoms with Gasteiger partial charge in [-0.2, -0.15) is 0 Å². The molecule has 11 heteroatoms. The molecule has 0 aromatic heterocycles. The maximum absolute atomic E-state index is 13.1. The third kappa shape index (κ3) is 59.4. The fraction of sp³-hybridized carbons (Fsp3) is 0.855. The first kappa shape index (κ1) is 89.4. The number of rotatable bonds is 72. The van der Waals surface area contributed by atoms with Gasteiger partial charge in [0.1, 0.15) is 24.4 Å². The van der Waals surface area contributed by atoms with Crippen LogP contribution in [0.1, 0.15) is 393 Å². The van der Waals surface area contributed by atoms with Gasteiger partial charge in [-0.05, 0) is 83.5 Å². The van der Waals surface area contributed by atoms with E-state index in [1.54, 1.807) is 6.08 Å². The van der Waals surface area contributed by atoms with Crippen LogP contribution >= 0.6 is 0 Å². The topological polar surface area (TPSA) is 175 Å². The standard InChI is InChI=1S/C83H153NO10/c1-3-5-7-9-11-13-15-17-43-47-51-55-59-63-67-71-79(88)92-72-68-64-60-56-52-48-45-42-40-38-36-34-32-30-28-26-24-22-20-18-19-21-23-25-27-29-31-33-35-37-39-41-44-46-50-54-58-62-66-70-78(87)84-75(74-93-83-82(91)81(90)80(89)77(73-85)94-83)76(86)69-65-61-57-53-49-16-14-12-10-8-6-4-2/h10,12,18-19,22,24,49,53,65,69,75-77,80-83,85-86,89-91H,3-9,11,13-17,20-21,23,25-48,50-52,54-64,66-68,70-74H2,1-2H3,(H,84,87)/b12-10+,19-18-,24-22-,53-49+,69-65+. The average Bonchev–Trinajstić information content (AvgIpc) is 0.832. The van der Waals surface area contributed by atoms with Gasteiger partial charge >= 0.3 is 5.97 Å². The highest BCUT2D eigenvalue weighted by Crippen LogP contribution is 2.24. The zero-order valence-corrected chi connectivity index (χ0v) is 61.4. The van der Waals surface area contributed by atoms with E-state index in [2.05, 4.69) is 67.8 Å². The predicted octanol–water partition coefficient (Wildman–Crippen LogP) is 22.0. The normalized spacial score (nSPS) is 17.7. The number of hydrogen-bond acceptors (Lipinski definition) is 10. The van der Waals surface area contributed by atoms with E-state index in [9.17, 15) is 35.1 Å². The molecule has 0 aliphatic carbocycles. The molecular weight excluding hydrogens is 1170 g/mol. The zero-order valence-electron chi connectivity index (χ0n) is 61.4. The fourth-order valence-electron chi connectivity index (χ4n) is 12.7. The van der Waals surface area contributed by atoms with Gasteiger partial charge in [0, 0.05) is 12.8 Å². The van der Waals surface area contributed by atoms with Gasteiger partial charge in [0.15, 0.2) is 6.29 Å². The van der Waals surface area contributed by atoms with Crippen molar-refractivity contribution < 1.29 is 49.3 Å². The molecule has 1 rings (SSSR count). The summed E-state index contributed by atoms with van der Waals surface area (Å²) >= 11 is 0. The molecule has 550 valence electrons. The summed E-state index contributed by atoms with van der Waals surface area (Å²) in [6.07, 6.45) is 87.0. The molecule has 7 atom stereocenters. The maximum atomic E-state index is 13.1. The van der Waals surface area contributed by atoms with Gasteiger partial charge in [-0.1, -0.05) is 357 Å². The molecule has 6 N–H and O–H groups in total. The van der Waals surface area contributed by atoms with Crippen LogP contribution in [0.3, 0.4) is 0 Å². The third-order valence-corrected chi connectivity index (χ3v) is 19.1. The second-order valence-electron chi connectivity index (χ2n) is 28.1. The van der Waals surface area contributed by atoms with E-state index < -0.39 is 49.5 Å². The summed E-state index contributed by atoms with van der Waals surface area (Å²) in [7, 11) is 0. The first-order chi connectivity index (χ1) is 46.2. The van der Waals surface area contributed by atoms with E-state index in [4.69, 9.17) is 14.2 Å². The van der Waals surface area contributed by atoms with Gasteiger partial charge in [-0.25, -0.2) is 0 Å². The van der Waals surface area contributed by atoms with Crippen molar-refractivity contribution in [3.05, 3.63) is 60.8 Å². The van der Waals surface area contributed by atoms with Gasteiger partial charge in [-0.3, -0.25) is 9.59 Å². The van der Waals surface area contributed by atoms with Crippen molar-refractivity contribution >= 4 is 11.9 Å². The smallest absolute Gasteiger partial charge is 0.305 e. The minimum Gasteiger partial charge on any atom is -0.466 e. The molecule has 11 nitrogen and oxygen atoms in total. The van der Waals surface area contributed by atoms with Crippen molar-refractivity contribution in [1.82, 2.24) is 5.32 Å². The molecule has 1 fully saturated rings. The number of ether oxygens (including phenoxy) is 3. The molecule has 0 aromatic rings. The van der Waals surface area contributed by atoms with Crippen LogP contribution < -0.4 is 5.32 Å². The second kappa shape index (κ2) is 71.6. The number of carbonyl (C=O) groups excluding carboxylic acids is 2. The van der Waals surface area contributed by atoms with Crippen molar-refractivity contribution in [1.29, 1.82) is 0 Å². The van der Waals surface area contributed by atoms with Crippen LogP contribution in [0.15, 0.2) is 60.8 Å². The van der Waals surface area contributed by atoms with Crippen molar-refractivity contribution in [3.63, 3.8) is 0 Å². The molecule has 0 spiro atoms. The molecule has 0 saturated carbocycles. The molecule has 0 bridgehead atoms. The zero-order chi connectivity index (χ0) is 67.9. The number of aliphatic hydroxyl groups is 5. The van der Waals surface area contributed by atoms with E-state index >= 15 is 0 Å². The molecule has 94 heavy (non-hydrogen) atoms. The first-order valence-corrected chi connectivity index (χ1v) is 40.6. The van der Waals surface area contributed by atoms with Crippen LogP contribution in [0.25, 0.3) is 0 Å². The van der Waals surface area contributed by atoms with E-state index in [0.717, 1.165) is 70.6 Å². The number of nitrogens with one attached hydrogen (secondary N) is 1. The number of unbranched alkanes of at least 4 members (excludes halogenated alkanes) is 50. The Balaban J connectivity index is 1.89. The van der Waals surface area contributed by atoms with Crippen LogP contribution in [-0.4, -0.2) is 100 Å². The predicted molar refractivity (Wildman–Crippen MR) is 398 cm³/mol. The number of amides is 1. The van der Waals surface area contributed by atoms with E-state index in [0.29, 0.717) is 19.4 Å². The summed E-state index contributed by atoms with van der Waals surface area (Å²) in [6, 6.07) is -0.833. The van der Waals surface area contributed by atoms with Gasteiger partial charge in [-0.15, -0.1) is 0 Å². The average molecular weight is 1330 g/mol. The Morgan fingerprint density at radius 2 is 0.734 bits per heavy atom. The molecule has 1 aliphatic rings. The van der Waals surface area contributed by atoms with Crippen molar-refractivity contribution in [2.45, 2.75) is 436 Å². The van der Waals surface area contributed by atoms with Crippen molar-refractivity contribution in [2.24, 2.45) is 0 Å². The van der Waals surface area contributed by atoms with E-state index in [1.165, 1.54) is 295 Å². The lowest BCUT2D eigenvalue weighted by Gasteiger charge is -2.40. The quantitative estimate of drug-likeness (QED) is 0.0195. The van der Waals surface area contributed by atoms with Crippen molar-refractivity contribution in [2.75, 3.05) is 19.8 Å². The Morgan fingerprint density at radius 1 is 0.394 bits per heavy atom. The number of hydrogen-bond donors (Lipinski definition) is 6. The summed E-state index contributed by atoms with van der Waals surface area (Å²) in [5.41, 5.74) is 0. The van der Waals surface area contributed by atoms with Gasteiger partial charge in [0.05, 0.1) is 32.0 Å². The van der Waals surface area contributed by atoms with Gasteiger partial charge in [0.2, 0.25) is 5.91 Å². The SMILES string of the molecule is CCCC/C=C/CC/C=C/CC/C=C/C(O)C(COC1OC(CO)C(O)C(O)C1O)NC(=O)CCCCCCCCCCCCCCCCCCC/C=C\C/C=C\CCCCCCCCCCCCCCCCCOC(=O)CCCCCCCCCCCCCCCCC. The molecule has 1 heterocycles. The van der Waals surface area contributed by atoms with E-state index in [-0.39, 0.29) is 18.5 Å². The van der Waals surface area contributed by atoms with Crippen LogP contribution in [0.2, 0.25) is 0 Å². The van der Waals surface area contributed by atoms with Crippen LogP contribution in [0.5, 0.6) is 0 Å². The Bertz CT molecular complexity index is 1750. The summed E-state index contributed by atoms with van der Waals surface area (Å²) in [5, 5.41) is 54.5. The molecule has 0 aromatic carbocycles. The van der Waals surface area contributed by atoms with Crippen molar-refractivity contribution in [3.8, 4) is 0 Å². The van der Waals surface area contributed by atoms with Gasteiger partial charge < -0.3 is 45.1 Å². The summed E-state index contributed by atoms with van der Waals surface area (Å²) in [5.74, 6) is -0.176. The number of carbonyl (C=O) groups is 2. The molecule has 1 saturated heterocycles. The Hall–Kier alpha value is -2.64. The molecule has 1 aliphatic heterocycles. The third-order valence-electron chi connectivity index (χ3n) is 19.1. The lowest BCUT2D eigenvalue weighted by atomic mass is 9.99. The van der Waals surface area contributed by atoms with E-state index in [1.807, 2.05) is 6.08 Å². The number of aliphatic hydroxyl groups excluding tert-OH is 5. The highest BCUT2D eigenvalue weighted by molar-refractivity contribution is 5.76. The molecule has 1 amide bonds. The highest BCUT2D eigenvalue weighted by Gasteiger charge is 2.44. The van der Waals surface area contributed by atoms with Crippen LogP contribution in [-0.2, 0) is 23.8 Å². The maximum Gasteiger partial charge on any atom is 0.305 e. The first-order valence-electron chi connectivity index (χ1n) is 40.6. The minimum atomic E-state index is -1.58. The summed E-state index contributed by atoms with van der Waals surface area (Å²) in [4.78, 5) is 25.2. The fourth-order valence-corrected chi connectivity index (χ4v) is 12.7. The summed E-state index contributed by atoms with van der Waals surface area (Å²) in [6.45, 7) is 4.32. The van der Waals surface area contributed by atoms with Gasteiger partial charge in [0.25, 0.3) is 0 Å². The Kier molecular flexibility index (Phi) is 68.1. The molecule has 7 unspecified atom stereocenters. The lowest BCUT2D eigenvalue weighted by molar-refractivity contribution is -0.302. The highest BCUT2D eigenvalue weighted by atomic mass is 16.7. The molecular formula is C83H153NO10. The number of allylic oxidation sites excluding steroid dienone is 9. The lowest BCUT2D eigenvalue weighted by Crippen LogP contribution is -2.60. The van der Waals surface area contributed by atoms with Crippen LogP contribution in [0.4, 0.5) is 0 Å². The Labute approximate surface area is 579 Å².